The molecule has 0 aliphatic heterocycles. The highest BCUT2D eigenvalue weighted by molar-refractivity contribution is 5.88. The van der Waals surface area contributed by atoms with Crippen molar-refractivity contribution in [3.05, 3.63) is 47.3 Å². The summed E-state index contributed by atoms with van der Waals surface area (Å²) in [4.78, 5) is 10.9. The average Bonchev–Trinajstić information content (AvgIpc) is 2.78. The van der Waals surface area contributed by atoms with Crippen LogP contribution in [0.3, 0.4) is 0 Å². The molecule has 0 aliphatic rings. The molecule has 0 fully saturated rings. The van der Waals surface area contributed by atoms with Crippen molar-refractivity contribution in [3.8, 4) is 5.75 Å². The fourth-order valence-corrected chi connectivity index (χ4v) is 1.50. The summed E-state index contributed by atoms with van der Waals surface area (Å²) in [7, 11) is 1.59. The lowest BCUT2D eigenvalue weighted by atomic mass is 10.1. The van der Waals surface area contributed by atoms with Crippen molar-refractivity contribution in [2.75, 3.05) is 7.11 Å². The van der Waals surface area contributed by atoms with Crippen LogP contribution < -0.4 is 4.74 Å². The third-order valence-corrected chi connectivity index (χ3v) is 2.41. The van der Waals surface area contributed by atoms with Crippen LogP contribution in [0.25, 0.3) is 0 Å². The SMILES string of the molecule is COc1ccc(Cc2nocc2C(=O)O)cc1. The molecule has 17 heavy (non-hydrogen) atoms. The van der Waals surface area contributed by atoms with Crippen LogP contribution in [0.15, 0.2) is 35.1 Å². The number of aromatic nitrogens is 1. The first-order valence-corrected chi connectivity index (χ1v) is 5.00. The van der Waals surface area contributed by atoms with Gasteiger partial charge in [-0.2, -0.15) is 0 Å². The number of methoxy groups -OCH3 is 1. The zero-order chi connectivity index (χ0) is 12.3. The van der Waals surface area contributed by atoms with Crippen molar-refractivity contribution in [1.29, 1.82) is 0 Å². The maximum absolute atomic E-state index is 10.9. The molecule has 0 unspecified atom stereocenters. The van der Waals surface area contributed by atoms with E-state index in [9.17, 15) is 4.79 Å². The molecule has 2 aromatic rings. The van der Waals surface area contributed by atoms with Gasteiger partial charge in [0, 0.05) is 6.42 Å². The second-order valence-electron chi connectivity index (χ2n) is 3.50. The summed E-state index contributed by atoms with van der Waals surface area (Å²) >= 11 is 0. The number of ether oxygens (including phenoxy) is 1. The molecule has 0 saturated carbocycles. The minimum atomic E-state index is -1.03. The number of rotatable bonds is 4. The normalized spacial score (nSPS) is 10.2. The molecule has 2 rings (SSSR count). The van der Waals surface area contributed by atoms with Crippen LogP contribution in [-0.4, -0.2) is 23.3 Å². The molecule has 1 N–H and O–H groups in total. The van der Waals surface area contributed by atoms with Gasteiger partial charge in [0.1, 0.15) is 23.3 Å². The Morgan fingerprint density at radius 1 is 1.41 bits per heavy atom. The van der Waals surface area contributed by atoms with Gasteiger partial charge in [0.05, 0.1) is 7.11 Å². The minimum absolute atomic E-state index is 0.0980. The molecular formula is C12H11NO4. The predicted octanol–water partition coefficient (Wildman–Crippen LogP) is 1.97. The number of hydrogen-bond acceptors (Lipinski definition) is 4. The Morgan fingerprint density at radius 2 is 2.12 bits per heavy atom. The number of benzene rings is 1. The van der Waals surface area contributed by atoms with Crippen molar-refractivity contribution in [1.82, 2.24) is 5.16 Å². The molecule has 1 aromatic heterocycles. The zero-order valence-corrected chi connectivity index (χ0v) is 9.21. The van der Waals surface area contributed by atoms with Gasteiger partial charge in [0.15, 0.2) is 0 Å². The third-order valence-electron chi connectivity index (χ3n) is 2.41. The van der Waals surface area contributed by atoms with E-state index in [1.807, 2.05) is 24.3 Å². The summed E-state index contributed by atoms with van der Waals surface area (Å²) in [5, 5.41) is 12.6. The van der Waals surface area contributed by atoms with Crippen LogP contribution in [0.4, 0.5) is 0 Å². The summed E-state index contributed by atoms with van der Waals surface area (Å²) in [5.74, 6) is -0.276. The highest BCUT2D eigenvalue weighted by atomic mass is 16.5. The Balaban J connectivity index is 2.19. The number of hydrogen-bond donors (Lipinski definition) is 1. The molecule has 1 heterocycles. The van der Waals surface area contributed by atoms with Crippen molar-refractivity contribution >= 4 is 5.97 Å². The lowest BCUT2D eigenvalue weighted by Gasteiger charge is -2.01. The molecule has 0 aliphatic carbocycles. The summed E-state index contributed by atoms with van der Waals surface area (Å²) < 4.78 is 9.71. The fraction of sp³-hybridized carbons (Fsp3) is 0.167. The van der Waals surface area contributed by atoms with E-state index in [-0.39, 0.29) is 5.56 Å². The monoisotopic (exact) mass is 233 g/mol. The van der Waals surface area contributed by atoms with Crippen molar-refractivity contribution in [2.24, 2.45) is 0 Å². The molecule has 0 spiro atoms. The highest BCUT2D eigenvalue weighted by Gasteiger charge is 2.14. The first kappa shape index (κ1) is 11.2. The van der Waals surface area contributed by atoms with Crippen LogP contribution in [0.5, 0.6) is 5.75 Å². The van der Waals surface area contributed by atoms with Crippen LogP contribution >= 0.6 is 0 Å². The molecular weight excluding hydrogens is 222 g/mol. The standard InChI is InChI=1S/C12H11NO4/c1-16-9-4-2-8(3-5-9)6-11-10(12(14)15)7-17-13-11/h2-5,7H,6H2,1H3,(H,14,15). The zero-order valence-electron chi connectivity index (χ0n) is 9.21. The maximum atomic E-state index is 10.9. The lowest BCUT2D eigenvalue weighted by Crippen LogP contribution is -2.00. The molecule has 0 saturated heterocycles. The van der Waals surface area contributed by atoms with Crippen molar-refractivity contribution in [2.45, 2.75) is 6.42 Å². The summed E-state index contributed by atoms with van der Waals surface area (Å²) in [6.45, 7) is 0. The third kappa shape index (κ3) is 2.44. The van der Waals surface area contributed by atoms with E-state index in [1.54, 1.807) is 7.11 Å². The van der Waals surface area contributed by atoms with E-state index < -0.39 is 5.97 Å². The van der Waals surface area contributed by atoms with Gasteiger partial charge in [-0.1, -0.05) is 17.3 Å². The van der Waals surface area contributed by atoms with Crippen molar-refractivity contribution < 1.29 is 19.2 Å². The van der Waals surface area contributed by atoms with Crippen LogP contribution in [0.1, 0.15) is 21.6 Å². The highest BCUT2D eigenvalue weighted by Crippen LogP contribution is 2.16. The van der Waals surface area contributed by atoms with E-state index in [4.69, 9.17) is 9.84 Å². The van der Waals surface area contributed by atoms with E-state index in [0.717, 1.165) is 17.6 Å². The summed E-state index contributed by atoms with van der Waals surface area (Å²) in [6, 6.07) is 7.35. The molecule has 0 amide bonds. The predicted molar refractivity (Wildman–Crippen MR) is 59.3 cm³/mol. The summed E-state index contributed by atoms with van der Waals surface area (Å²) in [5.41, 5.74) is 1.46. The Hall–Kier alpha value is -2.30. The quantitative estimate of drug-likeness (QED) is 0.874. The largest absolute Gasteiger partial charge is 0.497 e. The Labute approximate surface area is 97.6 Å². The maximum Gasteiger partial charge on any atom is 0.340 e. The first-order valence-electron chi connectivity index (χ1n) is 5.00. The smallest absolute Gasteiger partial charge is 0.340 e. The van der Waals surface area contributed by atoms with Crippen molar-refractivity contribution in [3.63, 3.8) is 0 Å². The second-order valence-corrected chi connectivity index (χ2v) is 3.50. The van der Waals surface area contributed by atoms with Gasteiger partial charge in [0.2, 0.25) is 0 Å². The Bertz CT molecular complexity index is 516. The molecule has 88 valence electrons. The van der Waals surface area contributed by atoms with Gasteiger partial charge in [-0.15, -0.1) is 0 Å². The Kier molecular flexibility index (Phi) is 3.09. The van der Waals surface area contributed by atoms with Crippen LogP contribution in [0, 0.1) is 0 Å². The van der Waals surface area contributed by atoms with Gasteiger partial charge in [-0.05, 0) is 17.7 Å². The molecule has 1 aromatic carbocycles. The van der Waals surface area contributed by atoms with Crippen LogP contribution in [-0.2, 0) is 6.42 Å². The van der Waals surface area contributed by atoms with Gasteiger partial charge < -0.3 is 14.4 Å². The first-order chi connectivity index (χ1) is 8.20. The lowest BCUT2D eigenvalue weighted by molar-refractivity contribution is 0.0695. The van der Waals surface area contributed by atoms with E-state index in [2.05, 4.69) is 9.68 Å². The fourth-order valence-electron chi connectivity index (χ4n) is 1.50. The number of aromatic carboxylic acids is 1. The van der Waals surface area contributed by atoms with Gasteiger partial charge in [-0.25, -0.2) is 4.79 Å². The van der Waals surface area contributed by atoms with Gasteiger partial charge in [0.25, 0.3) is 0 Å². The number of carbonyl (C=O) groups is 1. The minimum Gasteiger partial charge on any atom is -0.497 e. The van der Waals surface area contributed by atoms with E-state index >= 15 is 0 Å². The number of carboxylic acid groups (broad SMARTS) is 1. The molecule has 0 atom stereocenters. The van der Waals surface area contributed by atoms with Gasteiger partial charge >= 0.3 is 5.97 Å². The summed E-state index contributed by atoms with van der Waals surface area (Å²) in [6.07, 6.45) is 1.56. The molecule has 0 radical (unpaired) electrons. The molecule has 5 nitrogen and oxygen atoms in total. The van der Waals surface area contributed by atoms with E-state index in [1.165, 1.54) is 0 Å². The molecule has 5 heteroatoms. The number of carboxylic acids is 1. The van der Waals surface area contributed by atoms with E-state index in [0.29, 0.717) is 12.1 Å². The molecule has 0 bridgehead atoms. The average molecular weight is 233 g/mol. The Morgan fingerprint density at radius 3 is 2.71 bits per heavy atom. The number of nitrogens with zero attached hydrogens (tertiary/aromatic N) is 1. The van der Waals surface area contributed by atoms with Crippen LogP contribution in [0.2, 0.25) is 0 Å². The second kappa shape index (κ2) is 4.69. The topological polar surface area (TPSA) is 72.6 Å². The van der Waals surface area contributed by atoms with Gasteiger partial charge in [-0.3, -0.25) is 0 Å².